The Morgan fingerprint density at radius 2 is 1.25 bits per heavy atom. The molecule has 3 heterocycles. The molecule has 0 saturated carbocycles. The molecular formula is C52H38N2S. The fourth-order valence-corrected chi connectivity index (χ4v) is 10.6. The highest BCUT2D eigenvalue weighted by atomic mass is 32.1. The van der Waals surface area contributed by atoms with Gasteiger partial charge in [-0.1, -0.05) is 130 Å². The van der Waals surface area contributed by atoms with Crippen LogP contribution in [0.15, 0.2) is 176 Å². The van der Waals surface area contributed by atoms with E-state index in [-0.39, 0.29) is 5.41 Å². The molecule has 262 valence electrons. The minimum Gasteiger partial charge on any atom is -0.308 e. The van der Waals surface area contributed by atoms with E-state index >= 15 is 0 Å². The van der Waals surface area contributed by atoms with E-state index in [9.17, 15) is 0 Å². The van der Waals surface area contributed by atoms with E-state index < -0.39 is 0 Å². The highest BCUT2D eigenvalue weighted by Crippen LogP contribution is 2.49. The van der Waals surface area contributed by atoms with Gasteiger partial charge in [0.15, 0.2) is 0 Å². The Morgan fingerprint density at radius 1 is 0.600 bits per heavy atom. The number of fused-ring (bicyclic) bond motifs is 10. The summed E-state index contributed by atoms with van der Waals surface area (Å²) in [6, 6.07) is 54.4. The van der Waals surface area contributed by atoms with Crippen LogP contribution in [0.2, 0.25) is 0 Å². The maximum Gasteiger partial charge on any atom is 0.0782 e. The molecule has 0 aliphatic heterocycles. The predicted octanol–water partition coefficient (Wildman–Crippen LogP) is 15.1. The number of para-hydroxylation sites is 3. The third-order valence-electron chi connectivity index (χ3n) is 12.1. The fourth-order valence-electron chi connectivity index (χ4n) is 9.54. The van der Waals surface area contributed by atoms with Crippen molar-refractivity contribution in [1.82, 2.24) is 4.40 Å². The summed E-state index contributed by atoms with van der Waals surface area (Å²) in [4.78, 5) is 2.47. The molecule has 0 N–H and O–H groups in total. The van der Waals surface area contributed by atoms with E-state index in [0.29, 0.717) is 0 Å². The van der Waals surface area contributed by atoms with Crippen LogP contribution in [0, 0.1) is 0 Å². The third-order valence-corrected chi connectivity index (χ3v) is 13.3. The van der Waals surface area contributed by atoms with Gasteiger partial charge in [0.2, 0.25) is 0 Å². The number of anilines is 3. The minimum atomic E-state index is -0.0878. The largest absolute Gasteiger partial charge is 0.308 e. The van der Waals surface area contributed by atoms with Gasteiger partial charge in [0.1, 0.15) is 0 Å². The standard InChI is InChI=1S/C52H38N2S/c1-5-6-18-44-32(2)37-28-24-34(30-45(37)52(44,3)4)33-22-25-35(26-23-33)53(36-27-29-49-43(31-36)39-14-8-10-21-48(39)55-49)47-20-12-17-42-41-16-11-15-40-38-13-7-9-19-46(38)54(50(40)41)51(42)47/h5-31H,1H2,2-4H3/b18-6-. The lowest BCUT2D eigenvalue weighted by molar-refractivity contribution is 0.654. The zero-order valence-corrected chi connectivity index (χ0v) is 31.9. The Balaban J connectivity index is 1.12. The first-order valence-corrected chi connectivity index (χ1v) is 19.9. The molecule has 55 heavy (non-hydrogen) atoms. The third kappa shape index (κ3) is 4.54. The van der Waals surface area contributed by atoms with Gasteiger partial charge in [-0.3, -0.25) is 0 Å². The molecule has 0 fully saturated rings. The minimum absolute atomic E-state index is 0.0878. The van der Waals surface area contributed by atoms with Crippen LogP contribution in [0.3, 0.4) is 0 Å². The number of nitrogens with zero attached hydrogens (tertiary/aromatic N) is 2. The molecule has 11 rings (SSSR count). The summed E-state index contributed by atoms with van der Waals surface area (Å²) in [6.07, 6.45) is 6.14. The smallest absolute Gasteiger partial charge is 0.0782 e. The van der Waals surface area contributed by atoms with Crippen molar-refractivity contribution in [2.24, 2.45) is 0 Å². The van der Waals surface area contributed by atoms with Crippen LogP contribution in [0.5, 0.6) is 0 Å². The summed E-state index contributed by atoms with van der Waals surface area (Å²) >= 11 is 1.86. The Labute approximate surface area is 324 Å². The maximum absolute atomic E-state index is 3.91. The van der Waals surface area contributed by atoms with Gasteiger partial charge in [-0.15, -0.1) is 11.3 Å². The van der Waals surface area contributed by atoms with Gasteiger partial charge in [-0.2, -0.15) is 0 Å². The first-order chi connectivity index (χ1) is 26.9. The highest BCUT2D eigenvalue weighted by molar-refractivity contribution is 7.25. The summed E-state index contributed by atoms with van der Waals surface area (Å²) in [5.41, 5.74) is 14.9. The van der Waals surface area contributed by atoms with Crippen molar-refractivity contribution < 1.29 is 0 Å². The van der Waals surface area contributed by atoms with Gasteiger partial charge in [0, 0.05) is 58.5 Å². The lowest BCUT2D eigenvalue weighted by Gasteiger charge is -2.27. The van der Waals surface area contributed by atoms with Gasteiger partial charge < -0.3 is 9.30 Å². The second-order valence-corrected chi connectivity index (χ2v) is 16.5. The van der Waals surface area contributed by atoms with Crippen LogP contribution >= 0.6 is 11.3 Å². The van der Waals surface area contributed by atoms with Gasteiger partial charge in [-0.25, -0.2) is 0 Å². The van der Waals surface area contributed by atoms with Gasteiger partial charge in [-0.05, 0) is 94.9 Å². The van der Waals surface area contributed by atoms with Crippen LogP contribution in [-0.4, -0.2) is 4.40 Å². The molecule has 1 aliphatic rings. The number of thiophene rings is 1. The van der Waals surface area contributed by atoms with Crippen LogP contribution in [0.1, 0.15) is 31.9 Å². The van der Waals surface area contributed by atoms with Crippen molar-refractivity contribution >= 4 is 92.2 Å². The average molecular weight is 723 g/mol. The Bertz CT molecular complexity index is 3260. The van der Waals surface area contributed by atoms with E-state index in [1.807, 2.05) is 17.4 Å². The molecule has 3 heteroatoms. The monoisotopic (exact) mass is 722 g/mol. The summed E-state index contributed by atoms with van der Waals surface area (Å²) in [5.74, 6) is 0. The summed E-state index contributed by atoms with van der Waals surface area (Å²) < 4.78 is 5.12. The molecule has 10 aromatic rings. The molecule has 0 unspecified atom stereocenters. The molecule has 7 aromatic carbocycles. The Hall–Kier alpha value is -6.42. The van der Waals surface area contributed by atoms with E-state index in [4.69, 9.17) is 0 Å². The summed E-state index contributed by atoms with van der Waals surface area (Å²) in [5, 5.41) is 7.72. The number of rotatable bonds is 6. The second-order valence-electron chi connectivity index (χ2n) is 15.4. The van der Waals surface area contributed by atoms with Crippen molar-refractivity contribution in [2.45, 2.75) is 26.2 Å². The zero-order chi connectivity index (χ0) is 37.0. The topological polar surface area (TPSA) is 7.65 Å². The van der Waals surface area contributed by atoms with Crippen LogP contribution < -0.4 is 4.90 Å². The van der Waals surface area contributed by atoms with Crippen LogP contribution in [0.4, 0.5) is 17.1 Å². The normalized spacial score (nSPS) is 14.2. The summed E-state index contributed by atoms with van der Waals surface area (Å²) in [7, 11) is 0. The first kappa shape index (κ1) is 32.0. The molecule has 0 saturated heterocycles. The van der Waals surface area contributed by atoms with Crippen LogP contribution in [0.25, 0.3) is 75.0 Å². The zero-order valence-electron chi connectivity index (χ0n) is 31.1. The molecule has 3 aromatic heterocycles. The van der Waals surface area contributed by atoms with E-state index in [1.54, 1.807) is 0 Å². The van der Waals surface area contributed by atoms with Crippen molar-refractivity contribution in [3.8, 4) is 11.1 Å². The number of hydrogen-bond acceptors (Lipinski definition) is 2. The lowest BCUT2D eigenvalue weighted by atomic mass is 9.80. The molecule has 2 nitrogen and oxygen atoms in total. The van der Waals surface area contributed by atoms with Crippen molar-refractivity contribution in [3.05, 3.63) is 187 Å². The van der Waals surface area contributed by atoms with Gasteiger partial charge >= 0.3 is 0 Å². The highest BCUT2D eigenvalue weighted by Gasteiger charge is 2.35. The molecule has 1 aliphatic carbocycles. The van der Waals surface area contributed by atoms with Crippen molar-refractivity contribution in [1.29, 1.82) is 0 Å². The summed E-state index contributed by atoms with van der Waals surface area (Å²) in [6.45, 7) is 10.8. The molecular weight excluding hydrogens is 685 g/mol. The van der Waals surface area contributed by atoms with E-state index in [0.717, 1.165) is 17.1 Å². The van der Waals surface area contributed by atoms with E-state index in [2.05, 4.69) is 194 Å². The number of benzene rings is 7. The number of hydrogen-bond donors (Lipinski definition) is 0. The SMILES string of the molecule is C=C/C=C\C1=C(C)c2ccc(-c3ccc(N(c4ccc5sc6ccccc6c5c4)c4cccc5c6cccc7c8ccccc8n(c45)c76)cc3)cc2C1(C)C. The van der Waals surface area contributed by atoms with Gasteiger partial charge in [0.25, 0.3) is 0 Å². The fraction of sp³-hybridized carbons (Fsp3) is 0.0769. The average Bonchev–Trinajstić information content (AvgIpc) is 3.92. The molecule has 0 atom stereocenters. The molecule has 0 spiro atoms. The predicted molar refractivity (Wildman–Crippen MR) is 239 cm³/mol. The van der Waals surface area contributed by atoms with E-state index in [1.165, 1.54) is 91.7 Å². The number of aromatic nitrogens is 1. The quantitative estimate of drug-likeness (QED) is 0.155. The Kier molecular flexibility index (Phi) is 6.87. The van der Waals surface area contributed by atoms with Gasteiger partial charge in [0.05, 0.1) is 22.2 Å². The Morgan fingerprint density at radius 3 is 2.07 bits per heavy atom. The van der Waals surface area contributed by atoms with Crippen molar-refractivity contribution in [2.75, 3.05) is 4.90 Å². The molecule has 0 amide bonds. The molecule has 0 bridgehead atoms. The molecule has 0 radical (unpaired) electrons. The first-order valence-electron chi connectivity index (χ1n) is 19.1. The maximum atomic E-state index is 3.91. The lowest BCUT2D eigenvalue weighted by Crippen LogP contribution is -2.16. The van der Waals surface area contributed by atoms with Crippen LogP contribution in [-0.2, 0) is 5.41 Å². The second kappa shape index (κ2) is 11.8. The van der Waals surface area contributed by atoms with Crippen molar-refractivity contribution in [3.63, 3.8) is 0 Å². The number of allylic oxidation sites excluding steroid dienone is 5.